The second-order valence-corrected chi connectivity index (χ2v) is 7.73. The Hall–Kier alpha value is -1.24. The molecule has 0 aromatic rings. The van der Waals surface area contributed by atoms with Gasteiger partial charge >= 0.3 is 12.1 Å². The van der Waals surface area contributed by atoms with Crippen molar-refractivity contribution in [2.45, 2.75) is 38.0 Å². The number of hydrogen-bond donors (Lipinski definition) is 0. The van der Waals surface area contributed by atoms with Gasteiger partial charge < -0.3 is 14.4 Å². The lowest BCUT2D eigenvalue weighted by atomic mass is 9.83. The van der Waals surface area contributed by atoms with Crippen LogP contribution in [0.2, 0.25) is 0 Å². The number of thioether (sulfide) groups is 1. The van der Waals surface area contributed by atoms with Gasteiger partial charge in [0.25, 0.3) is 0 Å². The van der Waals surface area contributed by atoms with Crippen LogP contribution in [0.15, 0.2) is 0 Å². The Balaban J connectivity index is 2.01. The highest BCUT2D eigenvalue weighted by Crippen LogP contribution is 2.48. The third-order valence-corrected chi connectivity index (χ3v) is 4.94. The summed E-state index contributed by atoms with van der Waals surface area (Å²) >= 11 is 1.44. The van der Waals surface area contributed by atoms with Crippen LogP contribution < -0.4 is 0 Å². The van der Waals surface area contributed by atoms with E-state index in [-0.39, 0.29) is 12.4 Å². The molecule has 1 spiro atoms. The second-order valence-electron chi connectivity index (χ2n) is 6.34. The van der Waals surface area contributed by atoms with E-state index in [4.69, 9.17) is 9.47 Å². The van der Waals surface area contributed by atoms with Crippen LogP contribution in [0.1, 0.15) is 27.7 Å². The van der Waals surface area contributed by atoms with E-state index in [1.165, 1.54) is 16.7 Å². The first kappa shape index (κ1) is 16.1. The average molecular weight is 315 g/mol. The normalized spacial score (nSPS) is 23.9. The monoisotopic (exact) mass is 315 g/mol. The summed E-state index contributed by atoms with van der Waals surface area (Å²) in [5.41, 5.74) is -0.557. The van der Waals surface area contributed by atoms with Gasteiger partial charge in [0.2, 0.25) is 0 Å². The molecule has 2 aliphatic rings. The number of carbonyl (C=O) groups is 3. The number of Topliss-reactive ketones (excluding diaryl/α,β-unsaturated/α-hetero) is 1. The van der Waals surface area contributed by atoms with Gasteiger partial charge in [0.05, 0.1) is 17.1 Å². The summed E-state index contributed by atoms with van der Waals surface area (Å²) in [6.45, 7) is 8.06. The Kier molecular flexibility index (Phi) is 4.24. The quantitative estimate of drug-likeness (QED) is 0.567. The summed E-state index contributed by atoms with van der Waals surface area (Å²) in [6, 6.07) is 0. The van der Waals surface area contributed by atoms with Gasteiger partial charge in [0, 0.05) is 13.1 Å². The average Bonchev–Trinajstić information content (AvgIpc) is 2.62. The number of nitrogens with zero attached hydrogens (tertiary/aromatic N) is 1. The number of carbonyl (C=O) groups excluding carboxylic acids is 3. The molecule has 1 atom stereocenters. The highest BCUT2D eigenvalue weighted by Gasteiger charge is 2.61. The summed E-state index contributed by atoms with van der Waals surface area (Å²) in [7, 11) is 0. The fourth-order valence-electron chi connectivity index (χ4n) is 2.58. The first-order valence-corrected chi connectivity index (χ1v) is 7.98. The molecule has 0 saturated carbocycles. The highest BCUT2D eigenvalue weighted by molar-refractivity contribution is 8.02. The molecule has 0 N–H and O–H groups in total. The van der Waals surface area contributed by atoms with Crippen LogP contribution in [0, 0.1) is 5.92 Å². The lowest BCUT2D eigenvalue weighted by molar-refractivity contribution is -0.154. The van der Waals surface area contributed by atoms with Gasteiger partial charge in [-0.1, -0.05) is 0 Å². The van der Waals surface area contributed by atoms with Crippen LogP contribution in [0.25, 0.3) is 0 Å². The molecule has 0 bridgehead atoms. The molecule has 2 aliphatic heterocycles. The Bertz CT molecular complexity index is 464. The van der Waals surface area contributed by atoms with Crippen molar-refractivity contribution < 1.29 is 23.9 Å². The van der Waals surface area contributed by atoms with Crippen molar-refractivity contribution in [2.24, 2.45) is 5.92 Å². The zero-order valence-corrected chi connectivity index (χ0v) is 13.6. The molecule has 0 aliphatic carbocycles. The first-order chi connectivity index (χ1) is 9.68. The Labute approximate surface area is 128 Å². The fraction of sp³-hybridized carbons (Fsp3) is 0.786. The van der Waals surface area contributed by atoms with Crippen molar-refractivity contribution in [2.75, 3.05) is 25.4 Å². The molecule has 118 valence electrons. The van der Waals surface area contributed by atoms with Crippen LogP contribution in [0.4, 0.5) is 4.79 Å². The number of rotatable bonds is 2. The lowest BCUT2D eigenvalue weighted by Gasteiger charge is -2.48. The van der Waals surface area contributed by atoms with E-state index in [1.807, 2.05) is 0 Å². The number of hydrogen-bond acceptors (Lipinski definition) is 6. The van der Waals surface area contributed by atoms with E-state index in [0.717, 1.165) is 0 Å². The standard InChI is InChI=1S/C14H21NO5S/c1-5-19-11(17)10-9(16)6-21-14(10)7-15(8-14)12(18)20-13(2,3)4/h10H,5-8H2,1-4H3/t10-/m1/s1. The number of amides is 1. The Morgan fingerprint density at radius 1 is 1.38 bits per heavy atom. The number of ether oxygens (including phenoxy) is 2. The molecule has 2 fully saturated rings. The highest BCUT2D eigenvalue weighted by atomic mass is 32.2. The van der Waals surface area contributed by atoms with E-state index in [0.29, 0.717) is 18.8 Å². The van der Waals surface area contributed by atoms with Crippen molar-refractivity contribution in [3.05, 3.63) is 0 Å². The minimum absolute atomic E-state index is 0.109. The van der Waals surface area contributed by atoms with Crippen LogP contribution >= 0.6 is 11.8 Å². The largest absolute Gasteiger partial charge is 0.465 e. The van der Waals surface area contributed by atoms with Crippen LogP contribution in [-0.2, 0) is 19.1 Å². The summed E-state index contributed by atoms with van der Waals surface area (Å²) < 4.78 is 9.76. The van der Waals surface area contributed by atoms with Gasteiger partial charge in [-0.3, -0.25) is 9.59 Å². The van der Waals surface area contributed by atoms with E-state index in [9.17, 15) is 14.4 Å². The number of esters is 1. The predicted octanol–water partition coefficient (Wildman–Crippen LogP) is 1.47. The van der Waals surface area contributed by atoms with Crippen molar-refractivity contribution >= 4 is 29.6 Å². The maximum atomic E-state index is 12.0. The smallest absolute Gasteiger partial charge is 0.410 e. The summed E-state index contributed by atoms with van der Waals surface area (Å²) in [4.78, 5) is 37.4. The van der Waals surface area contributed by atoms with E-state index in [1.54, 1.807) is 27.7 Å². The van der Waals surface area contributed by atoms with E-state index < -0.39 is 28.3 Å². The summed E-state index contributed by atoms with van der Waals surface area (Å²) in [5, 5.41) is 0. The number of likely N-dealkylation sites (tertiary alicyclic amines) is 1. The molecule has 0 unspecified atom stereocenters. The maximum absolute atomic E-state index is 12.0. The minimum atomic E-state index is -0.763. The molecule has 0 radical (unpaired) electrons. The maximum Gasteiger partial charge on any atom is 0.410 e. The molecular formula is C14H21NO5S. The molecule has 0 aromatic carbocycles. The topological polar surface area (TPSA) is 72.9 Å². The van der Waals surface area contributed by atoms with Gasteiger partial charge in [-0.25, -0.2) is 4.79 Å². The molecular weight excluding hydrogens is 294 g/mol. The zero-order chi connectivity index (χ0) is 15.8. The van der Waals surface area contributed by atoms with Crippen LogP contribution in [-0.4, -0.2) is 58.5 Å². The second kappa shape index (κ2) is 5.51. The van der Waals surface area contributed by atoms with Gasteiger partial charge in [-0.2, -0.15) is 0 Å². The molecule has 1 amide bonds. The number of ketones is 1. The van der Waals surface area contributed by atoms with E-state index in [2.05, 4.69) is 0 Å². The van der Waals surface area contributed by atoms with E-state index >= 15 is 0 Å². The lowest BCUT2D eigenvalue weighted by Crippen LogP contribution is -2.66. The van der Waals surface area contributed by atoms with Gasteiger partial charge in [-0.05, 0) is 27.7 Å². The molecule has 0 aromatic heterocycles. The fourth-order valence-corrected chi connectivity index (χ4v) is 4.06. The van der Waals surface area contributed by atoms with Crippen molar-refractivity contribution in [3.63, 3.8) is 0 Å². The molecule has 2 rings (SSSR count). The molecule has 7 heteroatoms. The van der Waals surface area contributed by atoms with Crippen molar-refractivity contribution in [1.82, 2.24) is 4.90 Å². The zero-order valence-electron chi connectivity index (χ0n) is 12.8. The predicted molar refractivity (Wildman–Crippen MR) is 78.1 cm³/mol. The third-order valence-electron chi connectivity index (χ3n) is 3.44. The summed E-state index contributed by atoms with van der Waals surface area (Å²) in [6.07, 6.45) is -0.407. The van der Waals surface area contributed by atoms with Crippen molar-refractivity contribution in [1.29, 1.82) is 0 Å². The molecule has 21 heavy (non-hydrogen) atoms. The molecule has 2 heterocycles. The Morgan fingerprint density at radius 3 is 2.52 bits per heavy atom. The van der Waals surface area contributed by atoms with Gasteiger partial charge in [0.15, 0.2) is 5.78 Å². The van der Waals surface area contributed by atoms with Crippen LogP contribution in [0.5, 0.6) is 0 Å². The molecule has 6 nitrogen and oxygen atoms in total. The first-order valence-electron chi connectivity index (χ1n) is 7.00. The SMILES string of the molecule is CCOC(=O)[C@H]1C(=O)CSC12CN(C(=O)OC(C)(C)C)C2. The third kappa shape index (κ3) is 3.17. The summed E-state index contributed by atoms with van der Waals surface area (Å²) in [5.74, 6) is -1.05. The van der Waals surface area contributed by atoms with Gasteiger partial charge in [-0.15, -0.1) is 11.8 Å². The molecule has 2 saturated heterocycles. The van der Waals surface area contributed by atoms with Crippen LogP contribution in [0.3, 0.4) is 0 Å². The Morgan fingerprint density at radius 2 is 2.00 bits per heavy atom. The minimum Gasteiger partial charge on any atom is -0.465 e. The van der Waals surface area contributed by atoms with Crippen molar-refractivity contribution in [3.8, 4) is 0 Å². The van der Waals surface area contributed by atoms with Gasteiger partial charge in [0.1, 0.15) is 11.5 Å².